The van der Waals surface area contributed by atoms with Crippen molar-refractivity contribution in [3.05, 3.63) is 46.8 Å². The smallest absolute Gasteiger partial charge is 0.0470 e. The topological polar surface area (TPSA) is 58.5 Å². The van der Waals surface area contributed by atoms with E-state index in [1.165, 1.54) is 0 Å². The fourth-order valence-electron chi connectivity index (χ4n) is 2.87. The molecule has 1 heterocycles. The second-order valence-corrected chi connectivity index (χ2v) is 6.44. The monoisotopic (exact) mass is 322 g/mol. The normalized spacial score (nSPS) is 21.3. The molecule has 4 N–H and O–H groups in total. The van der Waals surface area contributed by atoms with Gasteiger partial charge in [0.05, 0.1) is 0 Å². The molecule has 1 aliphatic carbocycles. The molecule has 0 amide bonds. The van der Waals surface area contributed by atoms with Crippen molar-refractivity contribution < 1.29 is 0 Å². The maximum atomic E-state index is 6.18. The summed E-state index contributed by atoms with van der Waals surface area (Å²) >= 11 is 6.02. The first-order valence-electron chi connectivity index (χ1n) is 8.01. The van der Waals surface area contributed by atoms with Gasteiger partial charge in [0.2, 0.25) is 0 Å². The van der Waals surface area contributed by atoms with E-state index in [9.17, 15) is 0 Å². The first-order valence-corrected chi connectivity index (χ1v) is 8.39. The molecule has 2 rings (SSSR count). The molecular formula is C17H27ClN4. The third-order valence-electron chi connectivity index (χ3n) is 4.27. The van der Waals surface area contributed by atoms with Crippen molar-refractivity contribution in [3.63, 3.8) is 0 Å². The molecule has 2 aliphatic rings. The Morgan fingerprint density at radius 3 is 2.82 bits per heavy atom. The number of halogens is 1. The molecule has 0 bridgehead atoms. The minimum atomic E-state index is 0.384. The average molecular weight is 323 g/mol. The molecule has 22 heavy (non-hydrogen) atoms. The van der Waals surface area contributed by atoms with E-state index in [1.54, 1.807) is 5.01 Å². The number of hydrazine groups is 1. The van der Waals surface area contributed by atoms with Crippen LogP contribution in [0.2, 0.25) is 0 Å². The first-order chi connectivity index (χ1) is 10.6. The largest absolute Gasteiger partial charge is 0.401 e. The summed E-state index contributed by atoms with van der Waals surface area (Å²) in [5.74, 6) is 6.18. The van der Waals surface area contributed by atoms with Gasteiger partial charge in [-0.15, -0.1) is 0 Å². The zero-order chi connectivity index (χ0) is 15.9. The number of nitrogens with zero attached hydrogens (tertiary/aromatic N) is 2. The SMILES string of the molecule is CCN1CCC(N(N)/C=C(\N)CC2=CC=C(Cl)CC=C2)CC1. The molecular weight excluding hydrogens is 296 g/mol. The molecule has 0 radical (unpaired) electrons. The Bertz CT molecular complexity index is 485. The summed E-state index contributed by atoms with van der Waals surface area (Å²) in [6.07, 6.45) is 13.6. The zero-order valence-electron chi connectivity index (χ0n) is 13.3. The lowest BCUT2D eigenvalue weighted by atomic mass is 10.0. The summed E-state index contributed by atoms with van der Waals surface area (Å²) in [7, 11) is 0. The highest BCUT2D eigenvalue weighted by Crippen LogP contribution is 2.19. The Morgan fingerprint density at radius 1 is 1.41 bits per heavy atom. The summed E-state index contributed by atoms with van der Waals surface area (Å²) in [5.41, 5.74) is 8.08. The van der Waals surface area contributed by atoms with Gasteiger partial charge in [-0.05, 0) is 31.0 Å². The number of allylic oxidation sites excluding steroid dienone is 6. The Hall–Kier alpha value is -1.23. The third-order valence-corrected chi connectivity index (χ3v) is 4.55. The lowest BCUT2D eigenvalue weighted by Crippen LogP contribution is -2.45. The van der Waals surface area contributed by atoms with E-state index < -0.39 is 0 Å². The molecule has 0 aromatic rings. The van der Waals surface area contributed by atoms with E-state index >= 15 is 0 Å². The van der Waals surface area contributed by atoms with Gasteiger partial charge in [0, 0.05) is 48.9 Å². The van der Waals surface area contributed by atoms with Gasteiger partial charge in [-0.25, -0.2) is 5.84 Å². The number of nitrogens with two attached hydrogens (primary N) is 2. The second kappa shape index (κ2) is 8.42. The predicted molar refractivity (Wildman–Crippen MR) is 93.8 cm³/mol. The molecule has 1 fully saturated rings. The van der Waals surface area contributed by atoms with Crippen molar-refractivity contribution in [2.45, 2.75) is 38.6 Å². The fourth-order valence-corrected chi connectivity index (χ4v) is 3.03. The van der Waals surface area contributed by atoms with Gasteiger partial charge >= 0.3 is 0 Å². The molecule has 122 valence electrons. The van der Waals surface area contributed by atoms with Crippen molar-refractivity contribution in [3.8, 4) is 0 Å². The zero-order valence-corrected chi connectivity index (χ0v) is 14.1. The van der Waals surface area contributed by atoms with Crippen LogP contribution in [0.5, 0.6) is 0 Å². The van der Waals surface area contributed by atoms with Crippen LogP contribution in [0.1, 0.15) is 32.6 Å². The summed E-state index contributed by atoms with van der Waals surface area (Å²) in [5, 5.41) is 2.64. The van der Waals surface area contributed by atoms with Crippen LogP contribution in [0.4, 0.5) is 0 Å². The predicted octanol–water partition coefficient (Wildman–Crippen LogP) is 2.85. The van der Waals surface area contributed by atoms with Crippen molar-refractivity contribution in [2.75, 3.05) is 19.6 Å². The molecule has 0 aromatic heterocycles. The van der Waals surface area contributed by atoms with Gasteiger partial charge in [-0.1, -0.05) is 36.8 Å². The van der Waals surface area contributed by atoms with Gasteiger partial charge < -0.3 is 15.6 Å². The van der Waals surface area contributed by atoms with E-state index in [4.69, 9.17) is 23.2 Å². The molecule has 1 aliphatic heterocycles. The van der Waals surface area contributed by atoms with E-state index in [1.807, 2.05) is 18.4 Å². The second-order valence-electron chi connectivity index (χ2n) is 5.96. The van der Waals surface area contributed by atoms with Crippen LogP contribution in [-0.2, 0) is 0 Å². The first kappa shape index (κ1) is 17.1. The van der Waals surface area contributed by atoms with Crippen molar-refractivity contribution in [2.24, 2.45) is 11.6 Å². The summed E-state index contributed by atoms with van der Waals surface area (Å²) < 4.78 is 0. The van der Waals surface area contributed by atoms with Crippen molar-refractivity contribution in [1.29, 1.82) is 0 Å². The summed E-state index contributed by atoms with van der Waals surface area (Å²) in [4.78, 5) is 2.45. The number of hydrogen-bond donors (Lipinski definition) is 2. The third kappa shape index (κ3) is 5.20. The van der Waals surface area contributed by atoms with E-state index in [2.05, 4.69) is 24.0 Å². The summed E-state index contributed by atoms with van der Waals surface area (Å²) in [6, 6.07) is 0.384. The maximum absolute atomic E-state index is 6.18. The molecule has 4 nitrogen and oxygen atoms in total. The average Bonchev–Trinajstić information content (AvgIpc) is 2.72. The highest BCUT2D eigenvalue weighted by atomic mass is 35.5. The van der Waals surface area contributed by atoms with Gasteiger partial charge in [0.15, 0.2) is 0 Å². The fraction of sp³-hybridized carbons (Fsp3) is 0.529. The molecule has 0 atom stereocenters. The number of rotatable bonds is 5. The van der Waals surface area contributed by atoms with E-state index in [-0.39, 0.29) is 0 Å². The quantitative estimate of drug-likeness (QED) is 0.603. The van der Waals surface area contributed by atoms with Crippen LogP contribution in [0, 0.1) is 0 Å². The van der Waals surface area contributed by atoms with Crippen LogP contribution in [0.15, 0.2) is 46.8 Å². The number of piperidine rings is 1. The van der Waals surface area contributed by atoms with E-state index in [0.29, 0.717) is 12.5 Å². The standard InChI is InChI=1S/C17H27ClN4/c1-2-21-10-8-17(9-11-21)22(20)13-16(19)12-14-4-3-5-15(18)7-6-14/h3-4,6-7,13,17H,2,5,8-12,19-20H2,1H3/b16-13-. The lowest BCUT2D eigenvalue weighted by Gasteiger charge is -2.35. The molecule has 0 unspecified atom stereocenters. The maximum Gasteiger partial charge on any atom is 0.0470 e. The van der Waals surface area contributed by atoms with Crippen LogP contribution in [0.25, 0.3) is 0 Å². The Labute approximate surface area is 138 Å². The van der Waals surface area contributed by atoms with E-state index in [0.717, 1.165) is 55.2 Å². The van der Waals surface area contributed by atoms with Crippen LogP contribution in [-0.4, -0.2) is 35.6 Å². The minimum absolute atomic E-state index is 0.384. The van der Waals surface area contributed by atoms with Gasteiger partial charge in [0.25, 0.3) is 0 Å². The Balaban J connectivity index is 1.89. The molecule has 0 aromatic carbocycles. The molecule has 0 spiro atoms. The van der Waals surface area contributed by atoms with Gasteiger partial charge in [-0.2, -0.15) is 0 Å². The Kier molecular flexibility index (Phi) is 6.55. The van der Waals surface area contributed by atoms with Crippen LogP contribution >= 0.6 is 11.6 Å². The summed E-state index contributed by atoms with van der Waals surface area (Å²) in [6.45, 7) is 5.54. The highest BCUT2D eigenvalue weighted by Gasteiger charge is 2.20. The molecule has 5 heteroatoms. The Morgan fingerprint density at radius 2 is 2.14 bits per heavy atom. The lowest BCUT2D eigenvalue weighted by molar-refractivity contribution is 0.146. The van der Waals surface area contributed by atoms with Gasteiger partial charge in [0.1, 0.15) is 0 Å². The van der Waals surface area contributed by atoms with Gasteiger partial charge in [-0.3, -0.25) is 0 Å². The minimum Gasteiger partial charge on any atom is -0.401 e. The van der Waals surface area contributed by atoms with Crippen molar-refractivity contribution >= 4 is 11.6 Å². The van der Waals surface area contributed by atoms with Crippen LogP contribution < -0.4 is 11.6 Å². The highest BCUT2D eigenvalue weighted by molar-refractivity contribution is 6.29. The molecule has 0 saturated carbocycles. The number of likely N-dealkylation sites (tertiary alicyclic amines) is 1. The molecule has 1 saturated heterocycles. The van der Waals surface area contributed by atoms with Crippen molar-refractivity contribution in [1.82, 2.24) is 9.91 Å². The number of hydrogen-bond acceptors (Lipinski definition) is 4. The van der Waals surface area contributed by atoms with Crippen LogP contribution in [0.3, 0.4) is 0 Å².